The van der Waals surface area contributed by atoms with Crippen LogP contribution in [0.2, 0.25) is 0 Å². The van der Waals surface area contributed by atoms with Gasteiger partial charge in [0.25, 0.3) is 0 Å². The Kier molecular flexibility index (Phi) is 6.34. The molecule has 8 heteroatoms. The molecule has 3 heterocycles. The minimum absolute atomic E-state index is 0.191. The van der Waals surface area contributed by atoms with E-state index in [1.807, 2.05) is 29.2 Å². The lowest BCUT2D eigenvalue weighted by Crippen LogP contribution is -2.52. The summed E-state index contributed by atoms with van der Waals surface area (Å²) >= 11 is 0. The smallest absolute Gasteiger partial charge is 0.236 e. The van der Waals surface area contributed by atoms with E-state index in [-0.39, 0.29) is 29.7 Å². The monoisotopic (exact) mass is 413 g/mol. The van der Waals surface area contributed by atoms with Gasteiger partial charge in [-0.05, 0) is 37.0 Å². The van der Waals surface area contributed by atoms with Crippen LogP contribution in [0.5, 0.6) is 0 Å². The molecule has 3 amide bonds. The Morgan fingerprint density at radius 1 is 0.967 bits per heavy atom. The van der Waals surface area contributed by atoms with Crippen molar-refractivity contribution in [3.8, 4) is 0 Å². The number of benzene rings is 1. The van der Waals surface area contributed by atoms with Crippen LogP contribution in [0, 0.1) is 0 Å². The zero-order chi connectivity index (χ0) is 21.1. The molecule has 1 atom stereocenters. The molecule has 162 valence electrons. The van der Waals surface area contributed by atoms with Crippen molar-refractivity contribution < 1.29 is 14.4 Å². The molecule has 1 aromatic carbocycles. The summed E-state index contributed by atoms with van der Waals surface area (Å²) in [6.07, 6.45) is 2.89. The van der Waals surface area contributed by atoms with Crippen LogP contribution in [-0.2, 0) is 14.4 Å². The number of rotatable bonds is 4. The maximum absolute atomic E-state index is 12.6. The predicted octanol–water partition coefficient (Wildman–Crippen LogP) is 0.279. The van der Waals surface area contributed by atoms with Crippen LogP contribution in [0.25, 0.3) is 0 Å². The fourth-order valence-electron chi connectivity index (χ4n) is 4.55. The second kappa shape index (κ2) is 9.14. The number of anilines is 1. The van der Waals surface area contributed by atoms with E-state index in [1.54, 1.807) is 0 Å². The highest BCUT2D eigenvalue weighted by atomic mass is 16.2. The summed E-state index contributed by atoms with van der Waals surface area (Å²) in [4.78, 5) is 42.5. The Bertz CT molecular complexity index is 780. The Labute approximate surface area is 177 Å². The van der Waals surface area contributed by atoms with Crippen molar-refractivity contribution in [1.29, 1.82) is 0 Å². The number of nitrogens with one attached hydrogen (secondary N) is 1. The number of carbonyl (C=O) groups is 3. The van der Waals surface area contributed by atoms with Gasteiger partial charge in [0.05, 0.1) is 12.5 Å². The highest BCUT2D eigenvalue weighted by molar-refractivity contribution is 6.00. The largest absolute Gasteiger partial charge is 0.368 e. The minimum atomic E-state index is -0.254. The molecule has 0 bridgehead atoms. The lowest BCUT2D eigenvalue weighted by atomic mass is 9.90. The minimum Gasteiger partial charge on any atom is -0.368 e. The van der Waals surface area contributed by atoms with Crippen molar-refractivity contribution in [3.63, 3.8) is 0 Å². The summed E-state index contributed by atoms with van der Waals surface area (Å²) in [6.45, 7) is 5.36. The number of nitrogens with two attached hydrogens (primary N) is 1. The standard InChI is InChI=1S/C22H31N5O3/c23-17-7-9-25(10-8-17)15-21(29)27-13-11-26(12-14-27)18-3-1-16(2-4-18)19-5-6-20(28)24-22(19)30/h1-4,17,19H,5-15,23H2,(H,24,28,30). The van der Waals surface area contributed by atoms with Crippen molar-refractivity contribution in [2.24, 2.45) is 5.73 Å². The number of nitrogens with zero attached hydrogens (tertiary/aromatic N) is 3. The van der Waals surface area contributed by atoms with Crippen LogP contribution in [-0.4, -0.2) is 79.4 Å². The second-order valence-corrected chi connectivity index (χ2v) is 8.58. The molecule has 0 spiro atoms. The fourth-order valence-corrected chi connectivity index (χ4v) is 4.55. The predicted molar refractivity (Wildman–Crippen MR) is 114 cm³/mol. The van der Waals surface area contributed by atoms with Crippen LogP contribution in [0.3, 0.4) is 0 Å². The molecule has 3 N–H and O–H groups in total. The molecule has 0 saturated carbocycles. The summed E-state index contributed by atoms with van der Waals surface area (Å²) in [7, 11) is 0. The maximum atomic E-state index is 12.6. The molecule has 0 aliphatic carbocycles. The van der Waals surface area contributed by atoms with Gasteiger partial charge in [0.15, 0.2) is 0 Å². The van der Waals surface area contributed by atoms with Gasteiger partial charge < -0.3 is 15.5 Å². The van der Waals surface area contributed by atoms with Crippen LogP contribution in [0.4, 0.5) is 5.69 Å². The number of hydrogen-bond acceptors (Lipinski definition) is 6. The molecule has 1 aromatic rings. The van der Waals surface area contributed by atoms with Crippen LogP contribution < -0.4 is 16.0 Å². The van der Waals surface area contributed by atoms with E-state index in [1.165, 1.54) is 0 Å². The summed E-state index contributed by atoms with van der Waals surface area (Å²) in [5, 5.41) is 2.42. The van der Waals surface area contributed by atoms with Crippen molar-refractivity contribution in [3.05, 3.63) is 29.8 Å². The normalized spacial score (nSPS) is 24.1. The zero-order valence-electron chi connectivity index (χ0n) is 17.4. The number of amides is 3. The molecule has 3 saturated heterocycles. The third-order valence-electron chi connectivity index (χ3n) is 6.52. The number of piperidine rings is 2. The van der Waals surface area contributed by atoms with Crippen molar-refractivity contribution >= 4 is 23.4 Å². The first kappa shape index (κ1) is 20.8. The summed E-state index contributed by atoms with van der Waals surface area (Å²) in [6, 6.07) is 8.31. The van der Waals surface area contributed by atoms with Crippen molar-refractivity contribution in [2.75, 3.05) is 50.7 Å². The molecule has 3 aliphatic rings. The number of likely N-dealkylation sites (tertiary alicyclic amines) is 1. The third-order valence-corrected chi connectivity index (χ3v) is 6.52. The first-order valence-corrected chi connectivity index (χ1v) is 10.9. The van der Waals surface area contributed by atoms with Gasteiger partial charge in [-0.3, -0.25) is 24.6 Å². The van der Waals surface area contributed by atoms with Gasteiger partial charge >= 0.3 is 0 Å². The highest BCUT2D eigenvalue weighted by Crippen LogP contribution is 2.27. The van der Waals surface area contributed by atoms with Crippen LogP contribution in [0.1, 0.15) is 37.2 Å². The van der Waals surface area contributed by atoms with Gasteiger partial charge in [-0.15, -0.1) is 0 Å². The van der Waals surface area contributed by atoms with E-state index in [2.05, 4.69) is 15.1 Å². The second-order valence-electron chi connectivity index (χ2n) is 8.58. The van der Waals surface area contributed by atoms with Crippen LogP contribution in [0.15, 0.2) is 24.3 Å². The Morgan fingerprint density at radius 2 is 1.63 bits per heavy atom. The van der Waals surface area contributed by atoms with Crippen molar-refractivity contribution in [2.45, 2.75) is 37.6 Å². The van der Waals surface area contributed by atoms with Gasteiger partial charge in [-0.25, -0.2) is 0 Å². The molecule has 0 radical (unpaired) electrons. The van der Waals surface area contributed by atoms with Gasteiger partial charge in [-0.1, -0.05) is 12.1 Å². The zero-order valence-corrected chi connectivity index (χ0v) is 17.4. The first-order chi connectivity index (χ1) is 14.5. The molecule has 3 aliphatic heterocycles. The maximum Gasteiger partial charge on any atom is 0.236 e. The Balaban J connectivity index is 1.27. The molecule has 0 aromatic heterocycles. The number of hydrogen-bond donors (Lipinski definition) is 2. The highest BCUT2D eigenvalue weighted by Gasteiger charge is 2.28. The van der Waals surface area contributed by atoms with Crippen LogP contribution >= 0.6 is 0 Å². The average molecular weight is 414 g/mol. The first-order valence-electron chi connectivity index (χ1n) is 10.9. The molecule has 30 heavy (non-hydrogen) atoms. The van der Waals surface area contributed by atoms with Gasteiger partial charge in [0, 0.05) is 57.4 Å². The molecular formula is C22H31N5O3. The number of piperazine rings is 1. The van der Waals surface area contributed by atoms with E-state index >= 15 is 0 Å². The molecular weight excluding hydrogens is 382 g/mol. The molecule has 8 nitrogen and oxygen atoms in total. The SMILES string of the molecule is NC1CCN(CC(=O)N2CCN(c3ccc(C4CCC(=O)NC4=O)cc3)CC2)CC1. The Hall–Kier alpha value is -2.45. The fraction of sp³-hybridized carbons (Fsp3) is 0.591. The van der Waals surface area contributed by atoms with E-state index < -0.39 is 0 Å². The summed E-state index contributed by atoms with van der Waals surface area (Å²) in [5.74, 6) is -0.445. The quantitative estimate of drug-likeness (QED) is 0.688. The topological polar surface area (TPSA) is 99.0 Å². The number of carbonyl (C=O) groups excluding carboxylic acids is 3. The van der Waals surface area contributed by atoms with Crippen molar-refractivity contribution in [1.82, 2.24) is 15.1 Å². The third kappa shape index (κ3) is 4.82. The summed E-state index contributed by atoms with van der Waals surface area (Å²) in [5.41, 5.74) is 7.99. The lowest BCUT2D eigenvalue weighted by molar-refractivity contribution is -0.134. The van der Waals surface area contributed by atoms with E-state index in [0.717, 1.165) is 63.4 Å². The Morgan fingerprint density at radius 3 is 2.27 bits per heavy atom. The summed E-state index contributed by atoms with van der Waals surface area (Å²) < 4.78 is 0. The molecule has 3 fully saturated rings. The van der Waals surface area contributed by atoms with Gasteiger partial charge in [-0.2, -0.15) is 0 Å². The molecule has 1 unspecified atom stereocenters. The van der Waals surface area contributed by atoms with E-state index in [4.69, 9.17) is 5.73 Å². The van der Waals surface area contributed by atoms with Gasteiger partial charge in [0.1, 0.15) is 0 Å². The van der Waals surface area contributed by atoms with E-state index in [0.29, 0.717) is 19.4 Å². The molecule has 4 rings (SSSR count). The van der Waals surface area contributed by atoms with E-state index in [9.17, 15) is 14.4 Å². The average Bonchev–Trinajstić information content (AvgIpc) is 2.76. The van der Waals surface area contributed by atoms with Gasteiger partial charge in [0.2, 0.25) is 17.7 Å². The number of imide groups is 1. The lowest BCUT2D eigenvalue weighted by Gasteiger charge is -2.38.